The van der Waals surface area contributed by atoms with Crippen LogP contribution in [0.5, 0.6) is 5.75 Å². The molecule has 2 aromatic rings. The molecule has 4 rings (SSSR count). The Morgan fingerprint density at radius 1 is 1.14 bits per heavy atom. The first kappa shape index (κ1) is 25.3. The summed E-state index contributed by atoms with van der Waals surface area (Å²) in [5.74, 6) is 0.857. The van der Waals surface area contributed by atoms with Crippen LogP contribution in [0, 0.1) is 0 Å². The summed E-state index contributed by atoms with van der Waals surface area (Å²) in [6, 6.07) is 17.4. The molecule has 6 heteroatoms. The van der Waals surface area contributed by atoms with Crippen molar-refractivity contribution in [2.24, 2.45) is 0 Å². The highest BCUT2D eigenvalue weighted by atomic mass is 16.5. The van der Waals surface area contributed by atoms with Gasteiger partial charge < -0.3 is 19.5 Å². The van der Waals surface area contributed by atoms with Gasteiger partial charge in [-0.2, -0.15) is 0 Å². The highest BCUT2D eigenvalue weighted by molar-refractivity contribution is 5.73. The minimum atomic E-state index is -0.799. The van der Waals surface area contributed by atoms with Crippen molar-refractivity contribution >= 4 is 5.97 Å². The van der Waals surface area contributed by atoms with E-state index in [1.807, 2.05) is 78.8 Å². The molecule has 188 valence electrons. The maximum atomic E-state index is 11.9. The Morgan fingerprint density at radius 3 is 2.69 bits per heavy atom. The lowest BCUT2D eigenvalue weighted by atomic mass is 10.0. The van der Waals surface area contributed by atoms with Crippen molar-refractivity contribution in [3.05, 3.63) is 114 Å². The largest absolute Gasteiger partial charge is 0.492 e. The molecule has 0 bridgehead atoms. The zero-order chi connectivity index (χ0) is 25.2. The van der Waals surface area contributed by atoms with Crippen molar-refractivity contribution in [2.45, 2.75) is 45.3 Å². The summed E-state index contributed by atoms with van der Waals surface area (Å²) in [5.41, 5.74) is 3.32. The standard InChI is InChI=1S/C30H34N2O4/c1-2-28(30(33)34)32(21-24-10-5-3-6-11-24)22-25-12-9-15-27(20-25)35-18-16-31-17-19-36-29(23-31)26-13-7-4-8-14-26/h3-7,9-13,15,17,19-20,23,28H,2,8,14,16,18,21-22H2,1H3,(H,33,34). The van der Waals surface area contributed by atoms with Gasteiger partial charge in [-0.3, -0.25) is 9.69 Å². The predicted molar refractivity (Wildman–Crippen MR) is 141 cm³/mol. The van der Waals surface area contributed by atoms with Gasteiger partial charge in [-0.25, -0.2) is 0 Å². The van der Waals surface area contributed by atoms with Gasteiger partial charge in [0, 0.05) is 25.5 Å². The fraction of sp³-hybridized carbons (Fsp3) is 0.300. The molecule has 1 unspecified atom stereocenters. The van der Waals surface area contributed by atoms with Crippen molar-refractivity contribution in [1.82, 2.24) is 9.80 Å². The van der Waals surface area contributed by atoms with Crippen molar-refractivity contribution in [3.63, 3.8) is 0 Å². The van der Waals surface area contributed by atoms with Gasteiger partial charge in [0.2, 0.25) is 0 Å². The average molecular weight is 487 g/mol. The first-order valence-corrected chi connectivity index (χ1v) is 12.5. The third-order valence-corrected chi connectivity index (χ3v) is 6.30. The second-order valence-corrected chi connectivity index (χ2v) is 8.94. The van der Waals surface area contributed by atoms with Crippen LogP contribution < -0.4 is 4.74 Å². The molecule has 0 radical (unpaired) electrons. The van der Waals surface area contributed by atoms with Gasteiger partial charge in [0.1, 0.15) is 30.4 Å². The van der Waals surface area contributed by atoms with E-state index in [9.17, 15) is 9.90 Å². The molecule has 0 aromatic heterocycles. The van der Waals surface area contributed by atoms with Crippen LogP contribution in [-0.2, 0) is 22.6 Å². The first-order chi connectivity index (χ1) is 17.6. The fourth-order valence-electron chi connectivity index (χ4n) is 4.43. The minimum absolute atomic E-state index is 0.511. The zero-order valence-corrected chi connectivity index (χ0v) is 20.8. The molecule has 0 spiro atoms. The van der Waals surface area contributed by atoms with Gasteiger partial charge >= 0.3 is 5.97 Å². The second kappa shape index (κ2) is 12.8. The number of carbonyl (C=O) groups is 1. The van der Waals surface area contributed by atoms with E-state index < -0.39 is 12.0 Å². The molecular weight excluding hydrogens is 452 g/mol. The zero-order valence-electron chi connectivity index (χ0n) is 20.8. The number of ether oxygens (including phenoxy) is 2. The number of hydrogen-bond donors (Lipinski definition) is 1. The average Bonchev–Trinajstić information content (AvgIpc) is 2.90. The van der Waals surface area contributed by atoms with Gasteiger partial charge in [-0.05, 0) is 48.1 Å². The summed E-state index contributed by atoms with van der Waals surface area (Å²) in [4.78, 5) is 16.0. The number of nitrogens with zero attached hydrogens (tertiary/aromatic N) is 2. The van der Waals surface area contributed by atoms with Crippen LogP contribution in [0.3, 0.4) is 0 Å². The normalized spacial score (nSPS) is 15.8. The molecule has 6 nitrogen and oxygen atoms in total. The van der Waals surface area contributed by atoms with Gasteiger partial charge in [0.15, 0.2) is 0 Å². The van der Waals surface area contributed by atoms with E-state index in [4.69, 9.17) is 9.47 Å². The molecule has 1 aliphatic heterocycles. The SMILES string of the molecule is CCC(C(=O)O)N(Cc1ccccc1)Cc1cccc(OCCN2C=COC(C3=CC=CCC3)=C2)c1. The fourth-order valence-corrected chi connectivity index (χ4v) is 4.43. The van der Waals surface area contributed by atoms with Crippen LogP contribution in [-0.4, -0.2) is 40.1 Å². The van der Waals surface area contributed by atoms with Crippen LogP contribution >= 0.6 is 0 Å². The van der Waals surface area contributed by atoms with E-state index >= 15 is 0 Å². The third-order valence-electron chi connectivity index (χ3n) is 6.30. The summed E-state index contributed by atoms with van der Waals surface area (Å²) in [6.45, 7) is 4.21. The van der Waals surface area contributed by atoms with Crippen molar-refractivity contribution in [3.8, 4) is 5.75 Å². The van der Waals surface area contributed by atoms with Gasteiger partial charge in [-0.15, -0.1) is 0 Å². The number of carboxylic acid groups (broad SMARTS) is 1. The molecule has 0 saturated carbocycles. The number of benzene rings is 2. The quantitative estimate of drug-likeness (QED) is 0.406. The van der Waals surface area contributed by atoms with E-state index in [0.29, 0.717) is 32.7 Å². The van der Waals surface area contributed by atoms with Gasteiger partial charge in [0.25, 0.3) is 0 Å². The van der Waals surface area contributed by atoms with Gasteiger partial charge in [0.05, 0.1) is 6.54 Å². The number of aliphatic carboxylic acids is 1. The van der Waals surface area contributed by atoms with Crippen molar-refractivity contribution < 1.29 is 19.4 Å². The molecular formula is C30H34N2O4. The van der Waals surface area contributed by atoms with E-state index in [2.05, 4.69) is 23.1 Å². The van der Waals surface area contributed by atoms with Crippen molar-refractivity contribution in [1.29, 1.82) is 0 Å². The van der Waals surface area contributed by atoms with E-state index in [0.717, 1.165) is 35.5 Å². The number of rotatable bonds is 12. The molecule has 1 atom stereocenters. The Balaban J connectivity index is 1.36. The highest BCUT2D eigenvalue weighted by Crippen LogP contribution is 2.24. The molecule has 1 heterocycles. The molecule has 0 fully saturated rings. The summed E-state index contributed by atoms with van der Waals surface area (Å²) in [5, 5.41) is 9.80. The maximum Gasteiger partial charge on any atom is 0.320 e. The lowest BCUT2D eigenvalue weighted by molar-refractivity contribution is -0.144. The Bertz CT molecular complexity index is 1140. The highest BCUT2D eigenvalue weighted by Gasteiger charge is 2.24. The number of carboxylic acids is 1. The van der Waals surface area contributed by atoms with Crippen LogP contribution in [0.25, 0.3) is 0 Å². The monoisotopic (exact) mass is 486 g/mol. The Kier molecular flexibility index (Phi) is 9.00. The lowest BCUT2D eigenvalue weighted by Gasteiger charge is -2.28. The minimum Gasteiger partial charge on any atom is -0.492 e. The molecule has 1 N–H and O–H groups in total. The summed E-state index contributed by atoms with van der Waals surface area (Å²) >= 11 is 0. The first-order valence-electron chi connectivity index (χ1n) is 12.5. The van der Waals surface area contributed by atoms with Crippen molar-refractivity contribution in [2.75, 3.05) is 13.2 Å². The number of allylic oxidation sites excluding steroid dienone is 4. The molecule has 36 heavy (non-hydrogen) atoms. The smallest absolute Gasteiger partial charge is 0.320 e. The van der Waals surface area contributed by atoms with Gasteiger partial charge in [-0.1, -0.05) is 67.6 Å². The Hall–Kier alpha value is -3.77. The van der Waals surface area contributed by atoms with E-state index in [-0.39, 0.29) is 0 Å². The van der Waals surface area contributed by atoms with Crippen LogP contribution in [0.4, 0.5) is 0 Å². The Morgan fingerprint density at radius 2 is 1.94 bits per heavy atom. The molecule has 2 aliphatic rings. The molecule has 0 amide bonds. The molecule has 2 aromatic carbocycles. The Labute approximate surface area is 213 Å². The maximum absolute atomic E-state index is 11.9. The summed E-state index contributed by atoms with van der Waals surface area (Å²) in [7, 11) is 0. The second-order valence-electron chi connectivity index (χ2n) is 8.94. The lowest BCUT2D eigenvalue weighted by Crippen LogP contribution is -2.39. The van der Waals surface area contributed by atoms with E-state index in [1.165, 1.54) is 5.57 Å². The third kappa shape index (κ3) is 7.12. The van der Waals surface area contributed by atoms with E-state index in [1.54, 1.807) is 6.26 Å². The van der Waals surface area contributed by atoms with Crippen LogP contribution in [0.2, 0.25) is 0 Å². The summed E-state index contributed by atoms with van der Waals surface area (Å²) < 4.78 is 11.8. The predicted octanol–water partition coefficient (Wildman–Crippen LogP) is 5.85. The molecule has 1 aliphatic carbocycles. The number of hydrogen-bond acceptors (Lipinski definition) is 5. The molecule has 0 saturated heterocycles. The topological polar surface area (TPSA) is 62.2 Å². The summed E-state index contributed by atoms with van der Waals surface area (Å²) in [6.07, 6.45) is 14.5. The van der Waals surface area contributed by atoms with Crippen LogP contribution in [0.15, 0.2) is 103 Å². The van der Waals surface area contributed by atoms with Crippen LogP contribution in [0.1, 0.15) is 37.3 Å².